The van der Waals surface area contributed by atoms with Gasteiger partial charge < -0.3 is 10.6 Å². The molecule has 0 radical (unpaired) electrons. The lowest BCUT2D eigenvalue weighted by Crippen LogP contribution is -2.14. The summed E-state index contributed by atoms with van der Waals surface area (Å²) in [5.74, 6) is -0.610. The van der Waals surface area contributed by atoms with E-state index in [0.29, 0.717) is 16.4 Å². The highest BCUT2D eigenvalue weighted by Gasteiger charge is 2.10. The molecule has 0 spiro atoms. The molecule has 0 saturated heterocycles. The van der Waals surface area contributed by atoms with Crippen LogP contribution in [0.25, 0.3) is 0 Å². The molecule has 1 amide bonds. The molecular weight excluding hydrogens is 376 g/mol. The number of rotatable bonds is 5. The van der Waals surface area contributed by atoms with E-state index in [-0.39, 0.29) is 10.5 Å². The van der Waals surface area contributed by atoms with Gasteiger partial charge in [0.1, 0.15) is 11.6 Å². The number of sulfonamides is 1. The summed E-state index contributed by atoms with van der Waals surface area (Å²) in [6, 6.07) is 12.3. The Morgan fingerprint density at radius 1 is 1.19 bits per heavy atom. The molecule has 0 heterocycles. The highest BCUT2D eigenvalue weighted by atomic mass is 35.5. The van der Waals surface area contributed by atoms with Crippen LogP contribution < -0.4 is 15.8 Å². The van der Waals surface area contributed by atoms with Crippen molar-refractivity contribution in [3.8, 4) is 6.07 Å². The first kappa shape index (κ1) is 19.5. The molecule has 0 saturated carbocycles. The third-order valence-electron chi connectivity index (χ3n) is 3.36. The maximum Gasteiger partial charge on any atom is 0.267 e. The lowest BCUT2D eigenvalue weighted by atomic mass is 10.2. The van der Waals surface area contributed by atoms with Crippen molar-refractivity contribution >= 4 is 38.9 Å². The molecule has 2 rings (SSSR count). The quantitative estimate of drug-likeness (QED) is 0.534. The average Bonchev–Trinajstić information content (AvgIpc) is 2.58. The van der Waals surface area contributed by atoms with Gasteiger partial charge in [-0.2, -0.15) is 5.26 Å². The Morgan fingerprint density at radius 2 is 1.81 bits per heavy atom. The van der Waals surface area contributed by atoms with Crippen molar-refractivity contribution in [3.63, 3.8) is 0 Å². The van der Waals surface area contributed by atoms with Gasteiger partial charge >= 0.3 is 0 Å². The molecule has 0 aliphatic rings. The number of nitriles is 1. The Hall–Kier alpha value is -2.86. The molecule has 0 aromatic heterocycles. The second kappa shape index (κ2) is 8.01. The third-order valence-corrected chi connectivity index (χ3v) is 4.70. The molecule has 0 bridgehead atoms. The van der Waals surface area contributed by atoms with Crippen LogP contribution in [-0.2, 0) is 14.8 Å². The molecule has 2 aromatic rings. The number of benzene rings is 2. The number of carbonyl (C=O) groups is 1. The maximum atomic E-state index is 12.2. The molecule has 2 aromatic carbocycles. The van der Waals surface area contributed by atoms with E-state index in [0.717, 1.165) is 5.56 Å². The van der Waals surface area contributed by atoms with Gasteiger partial charge in [-0.15, -0.1) is 0 Å². The van der Waals surface area contributed by atoms with Gasteiger partial charge in [-0.25, -0.2) is 13.6 Å². The van der Waals surface area contributed by atoms with Crippen molar-refractivity contribution < 1.29 is 13.2 Å². The van der Waals surface area contributed by atoms with Crippen LogP contribution in [0.3, 0.4) is 0 Å². The van der Waals surface area contributed by atoms with Gasteiger partial charge in [-0.1, -0.05) is 17.7 Å². The monoisotopic (exact) mass is 390 g/mol. The van der Waals surface area contributed by atoms with Gasteiger partial charge in [0.15, 0.2) is 0 Å². The summed E-state index contributed by atoms with van der Waals surface area (Å²) in [4.78, 5) is 12.1. The predicted octanol–water partition coefficient (Wildman–Crippen LogP) is 2.75. The van der Waals surface area contributed by atoms with Crippen LogP contribution in [0.2, 0.25) is 5.02 Å². The number of amides is 1. The molecule has 0 unspecified atom stereocenters. The molecule has 0 fully saturated rings. The Balaban J connectivity index is 2.10. The minimum Gasteiger partial charge on any atom is -0.360 e. The summed E-state index contributed by atoms with van der Waals surface area (Å²) in [5, 5.41) is 20.0. The smallest absolute Gasteiger partial charge is 0.267 e. The van der Waals surface area contributed by atoms with E-state index in [2.05, 4.69) is 10.6 Å². The van der Waals surface area contributed by atoms with Crippen LogP contribution in [0, 0.1) is 18.3 Å². The number of aryl methyl sites for hydroxylation is 1. The normalized spacial score (nSPS) is 11.5. The zero-order chi connectivity index (χ0) is 19.3. The van der Waals surface area contributed by atoms with Crippen molar-refractivity contribution in [1.82, 2.24) is 0 Å². The number of hydrogen-bond acceptors (Lipinski definition) is 5. The van der Waals surface area contributed by atoms with Crippen LogP contribution in [-0.4, -0.2) is 14.3 Å². The summed E-state index contributed by atoms with van der Waals surface area (Å²) in [7, 11) is -3.78. The lowest BCUT2D eigenvalue weighted by Gasteiger charge is -2.07. The summed E-state index contributed by atoms with van der Waals surface area (Å²) in [6.07, 6.45) is 1.22. The largest absolute Gasteiger partial charge is 0.360 e. The van der Waals surface area contributed by atoms with E-state index in [1.165, 1.54) is 30.5 Å². The molecule has 0 aliphatic carbocycles. The second-order valence-electron chi connectivity index (χ2n) is 5.30. The number of hydrogen-bond donors (Lipinski definition) is 3. The standard InChI is InChI=1S/C17H15ClN4O3S/c1-11-2-3-14(8-16(11)18)22-17(23)12(9-19)10-21-13-4-6-15(7-5-13)26(20,24)25/h2-8,10,21H,1H3,(H,22,23)(H2,20,24,25)/b12-10-. The van der Waals surface area contributed by atoms with Crippen LogP contribution in [0.15, 0.2) is 59.1 Å². The lowest BCUT2D eigenvalue weighted by molar-refractivity contribution is -0.112. The zero-order valence-electron chi connectivity index (χ0n) is 13.7. The van der Waals surface area contributed by atoms with E-state index in [9.17, 15) is 13.2 Å². The highest BCUT2D eigenvalue weighted by Crippen LogP contribution is 2.20. The predicted molar refractivity (Wildman–Crippen MR) is 100.0 cm³/mol. The number of halogens is 1. The SMILES string of the molecule is Cc1ccc(NC(=O)/C(C#N)=C\Nc2ccc(S(N)(=O)=O)cc2)cc1Cl. The summed E-state index contributed by atoms with van der Waals surface area (Å²) < 4.78 is 22.4. The summed E-state index contributed by atoms with van der Waals surface area (Å²) in [6.45, 7) is 1.83. The fraction of sp³-hybridized carbons (Fsp3) is 0.0588. The minimum atomic E-state index is -3.78. The van der Waals surface area contributed by atoms with Gasteiger partial charge in [0.2, 0.25) is 10.0 Å². The maximum absolute atomic E-state index is 12.2. The van der Waals surface area contributed by atoms with Crippen molar-refractivity contribution in [3.05, 3.63) is 64.8 Å². The van der Waals surface area contributed by atoms with Crippen LogP contribution >= 0.6 is 11.6 Å². The van der Waals surface area contributed by atoms with Crippen molar-refractivity contribution in [2.75, 3.05) is 10.6 Å². The van der Waals surface area contributed by atoms with E-state index >= 15 is 0 Å². The number of carbonyl (C=O) groups excluding carboxylic acids is 1. The first-order chi connectivity index (χ1) is 12.2. The Morgan fingerprint density at radius 3 is 2.35 bits per heavy atom. The topological polar surface area (TPSA) is 125 Å². The van der Waals surface area contributed by atoms with Crippen molar-refractivity contribution in [1.29, 1.82) is 5.26 Å². The molecule has 7 nitrogen and oxygen atoms in total. The Kier molecular flexibility index (Phi) is 6.00. The van der Waals surface area contributed by atoms with Crippen molar-refractivity contribution in [2.24, 2.45) is 5.14 Å². The first-order valence-electron chi connectivity index (χ1n) is 7.28. The summed E-state index contributed by atoms with van der Waals surface area (Å²) in [5.41, 5.74) is 1.64. The molecular formula is C17H15ClN4O3S. The van der Waals surface area contributed by atoms with Gasteiger partial charge in [0, 0.05) is 22.6 Å². The molecule has 134 valence electrons. The second-order valence-corrected chi connectivity index (χ2v) is 7.27. The number of nitrogens with two attached hydrogens (primary N) is 1. The number of nitrogens with zero attached hydrogens (tertiary/aromatic N) is 1. The van der Waals surface area contributed by atoms with Crippen LogP contribution in [0.1, 0.15) is 5.56 Å². The van der Waals surface area contributed by atoms with Gasteiger partial charge in [-0.3, -0.25) is 4.79 Å². The van der Waals surface area contributed by atoms with E-state index in [4.69, 9.17) is 22.0 Å². The van der Waals surface area contributed by atoms with Gasteiger partial charge in [-0.05, 0) is 48.9 Å². The first-order valence-corrected chi connectivity index (χ1v) is 9.20. The summed E-state index contributed by atoms with van der Waals surface area (Å²) >= 11 is 6.00. The fourth-order valence-corrected chi connectivity index (χ4v) is 2.61. The van der Waals surface area contributed by atoms with Crippen LogP contribution in [0.4, 0.5) is 11.4 Å². The van der Waals surface area contributed by atoms with E-state index in [1.807, 2.05) is 6.92 Å². The molecule has 0 atom stereocenters. The fourth-order valence-electron chi connectivity index (χ4n) is 1.91. The zero-order valence-corrected chi connectivity index (χ0v) is 15.2. The van der Waals surface area contributed by atoms with E-state index < -0.39 is 15.9 Å². The average molecular weight is 391 g/mol. The molecule has 0 aliphatic heterocycles. The van der Waals surface area contributed by atoms with Crippen LogP contribution in [0.5, 0.6) is 0 Å². The van der Waals surface area contributed by atoms with E-state index in [1.54, 1.807) is 24.3 Å². The van der Waals surface area contributed by atoms with Crippen molar-refractivity contribution in [2.45, 2.75) is 11.8 Å². The number of anilines is 2. The highest BCUT2D eigenvalue weighted by molar-refractivity contribution is 7.89. The Bertz CT molecular complexity index is 1010. The van der Waals surface area contributed by atoms with Gasteiger partial charge in [0.25, 0.3) is 5.91 Å². The molecule has 9 heteroatoms. The molecule has 26 heavy (non-hydrogen) atoms. The Labute approximate surface area is 156 Å². The van der Waals surface area contributed by atoms with Gasteiger partial charge in [0.05, 0.1) is 4.90 Å². The number of primary sulfonamides is 1. The third kappa shape index (κ3) is 5.07. The number of nitrogens with one attached hydrogen (secondary N) is 2. The molecule has 4 N–H and O–H groups in total. The minimum absolute atomic E-state index is 0.0403.